The van der Waals surface area contributed by atoms with Crippen molar-refractivity contribution in [1.29, 1.82) is 0 Å². The van der Waals surface area contributed by atoms with Gasteiger partial charge in [-0.1, -0.05) is 75.9 Å². The van der Waals surface area contributed by atoms with Gasteiger partial charge in [0.25, 0.3) is 0 Å². The Hall–Kier alpha value is -1.95. The molecule has 1 aromatic carbocycles. The molecular formula is C28H42O5. The summed E-state index contributed by atoms with van der Waals surface area (Å²) in [4.78, 5) is 12.1. The van der Waals surface area contributed by atoms with Crippen LogP contribution in [0.5, 0.6) is 0 Å². The second-order valence-electron chi connectivity index (χ2n) is 9.04. The minimum absolute atomic E-state index is 0.227. The zero-order valence-corrected chi connectivity index (χ0v) is 20.6. The maximum absolute atomic E-state index is 12.1. The Morgan fingerprint density at radius 2 is 1.91 bits per heavy atom. The summed E-state index contributed by atoms with van der Waals surface area (Å²) in [6.07, 6.45) is 10.9. The smallest absolute Gasteiger partial charge is 0.310 e. The van der Waals surface area contributed by atoms with E-state index in [0.29, 0.717) is 31.6 Å². The molecular weight excluding hydrogens is 416 g/mol. The molecule has 0 aromatic heterocycles. The topological polar surface area (TPSA) is 76.0 Å². The van der Waals surface area contributed by atoms with Gasteiger partial charge in [-0.3, -0.25) is 4.79 Å². The summed E-state index contributed by atoms with van der Waals surface area (Å²) >= 11 is 0. The van der Waals surface area contributed by atoms with Crippen molar-refractivity contribution in [2.75, 3.05) is 7.11 Å². The minimum atomic E-state index is -0.660. The van der Waals surface area contributed by atoms with Crippen molar-refractivity contribution in [3.05, 3.63) is 58.9 Å². The first-order valence-corrected chi connectivity index (χ1v) is 12.5. The zero-order valence-electron chi connectivity index (χ0n) is 20.6. The van der Waals surface area contributed by atoms with Crippen LogP contribution >= 0.6 is 0 Å². The minimum Gasteiger partial charge on any atom is -0.431 e. The highest BCUT2D eigenvalue weighted by molar-refractivity contribution is 5.70. The van der Waals surface area contributed by atoms with Gasteiger partial charge >= 0.3 is 5.97 Å². The maximum atomic E-state index is 12.1. The molecule has 0 saturated carbocycles. The summed E-state index contributed by atoms with van der Waals surface area (Å²) in [6, 6.07) is 8.01. The molecule has 0 amide bonds. The first-order chi connectivity index (χ1) is 16.0. The molecule has 1 aliphatic carbocycles. The van der Waals surface area contributed by atoms with E-state index >= 15 is 0 Å². The Morgan fingerprint density at radius 1 is 1.15 bits per heavy atom. The van der Waals surface area contributed by atoms with Crippen molar-refractivity contribution in [2.24, 2.45) is 5.92 Å². The Morgan fingerprint density at radius 3 is 2.64 bits per heavy atom. The molecule has 0 spiro atoms. The predicted octanol–water partition coefficient (Wildman–Crippen LogP) is 5.63. The number of aliphatic hydroxyl groups is 2. The van der Waals surface area contributed by atoms with Gasteiger partial charge < -0.3 is 19.7 Å². The molecule has 0 heterocycles. The fourth-order valence-electron chi connectivity index (χ4n) is 4.41. The third-order valence-corrected chi connectivity index (χ3v) is 6.10. The maximum Gasteiger partial charge on any atom is 0.310 e. The fourth-order valence-corrected chi connectivity index (χ4v) is 4.41. The second kappa shape index (κ2) is 15.0. The number of hydrogen-bond acceptors (Lipinski definition) is 5. The van der Waals surface area contributed by atoms with Crippen LogP contribution < -0.4 is 0 Å². The van der Waals surface area contributed by atoms with Gasteiger partial charge in [0, 0.05) is 32.3 Å². The average molecular weight is 459 g/mol. The third kappa shape index (κ3) is 9.44. The molecule has 1 aliphatic rings. The lowest BCUT2D eigenvalue weighted by Crippen LogP contribution is -2.16. The fraction of sp³-hybridized carbons (Fsp3) is 0.607. The Balaban J connectivity index is 2.07. The number of carbonyl (C=O) groups is 1. The number of carbonyl (C=O) groups excluding carboxylic acids is 1. The normalized spacial score (nSPS) is 19.4. The number of methoxy groups -OCH3 is 1. The molecule has 2 rings (SSSR count). The lowest BCUT2D eigenvalue weighted by atomic mass is 9.93. The van der Waals surface area contributed by atoms with Crippen molar-refractivity contribution >= 4 is 5.97 Å². The average Bonchev–Trinajstić information content (AvgIpc) is 3.06. The zero-order chi connectivity index (χ0) is 24.1. The van der Waals surface area contributed by atoms with Crippen molar-refractivity contribution < 1.29 is 24.5 Å². The van der Waals surface area contributed by atoms with Crippen LogP contribution in [0.2, 0.25) is 0 Å². The molecule has 5 heteroatoms. The standard InChI is InChI=1S/C28H42O5/c1-4-6-7-8-9-14-25-24(26(30)19-27(25)33-28(31)11-5-2)16-15-23(29)18-21-12-10-13-22(17-21)20-32-3/h10,12-13,15-17,23-24,26,29-30H,4-9,11,14,18-20H2,1-3H3/b16-15+/t23-,24-,26-/m1/s1. The molecule has 184 valence electrons. The summed E-state index contributed by atoms with van der Waals surface area (Å²) in [6.45, 7) is 4.69. The summed E-state index contributed by atoms with van der Waals surface area (Å²) < 4.78 is 10.8. The highest BCUT2D eigenvalue weighted by atomic mass is 16.5. The highest BCUT2D eigenvalue weighted by Crippen LogP contribution is 2.37. The molecule has 0 saturated heterocycles. The molecule has 33 heavy (non-hydrogen) atoms. The van der Waals surface area contributed by atoms with E-state index in [2.05, 4.69) is 6.92 Å². The first kappa shape index (κ1) is 27.3. The van der Waals surface area contributed by atoms with Gasteiger partial charge in [0.15, 0.2) is 0 Å². The predicted molar refractivity (Wildman–Crippen MR) is 132 cm³/mol. The van der Waals surface area contributed by atoms with Gasteiger partial charge in [-0.05, 0) is 36.0 Å². The van der Waals surface area contributed by atoms with E-state index < -0.39 is 12.2 Å². The van der Waals surface area contributed by atoms with Crippen LogP contribution in [-0.2, 0) is 27.3 Å². The van der Waals surface area contributed by atoms with Crippen molar-refractivity contribution in [1.82, 2.24) is 0 Å². The molecule has 0 unspecified atom stereocenters. The number of rotatable bonds is 15. The van der Waals surface area contributed by atoms with E-state index in [-0.39, 0.29) is 11.9 Å². The van der Waals surface area contributed by atoms with E-state index in [0.717, 1.165) is 42.4 Å². The molecule has 0 radical (unpaired) electrons. The summed E-state index contributed by atoms with van der Waals surface area (Å²) in [5, 5.41) is 21.3. The Bertz CT molecular complexity index is 782. The van der Waals surface area contributed by atoms with E-state index in [4.69, 9.17) is 9.47 Å². The molecule has 3 atom stereocenters. The van der Waals surface area contributed by atoms with E-state index in [9.17, 15) is 15.0 Å². The lowest BCUT2D eigenvalue weighted by molar-refractivity contribution is -0.139. The van der Waals surface area contributed by atoms with Crippen molar-refractivity contribution in [3.63, 3.8) is 0 Å². The number of unbranched alkanes of at least 4 members (excludes halogenated alkanes) is 4. The van der Waals surface area contributed by atoms with Gasteiger partial charge in [-0.15, -0.1) is 0 Å². The molecule has 0 fully saturated rings. The highest BCUT2D eigenvalue weighted by Gasteiger charge is 2.33. The number of benzene rings is 1. The molecule has 5 nitrogen and oxygen atoms in total. The number of hydrogen-bond donors (Lipinski definition) is 2. The number of aliphatic hydroxyl groups excluding tert-OH is 2. The van der Waals surface area contributed by atoms with Crippen LogP contribution in [0, 0.1) is 5.92 Å². The van der Waals surface area contributed by atoms with Gasteiger partial charge in [0.05, 0.1) is 18.8 Å². The molecule has 2 N–H and O–H groups in total. The Kier molecular flexibility index (Phi) is 12.4. The first-order valence-electron chi connectivity index (χ1n) is 12.5. The summed E-state index contributed by atoms with van der Waals surface area (Å²) in [5.74, 6) is 0.173. The van der Waals surface area contributed by atoms with Gasteiger partial charge in [0.2, 0.25) is 0 Å². The van der Waals surface area contributed by atoms with Crippen LogP contribution in [0.25, 0.3) is 0 Å². The van der Waals surface area contributed by atoms with Crippen LogP contribution in [0.3, 0.4) is 0 Å². The molecule has 1 aromatic rings. The van der Waals surface area contributed by atoms with Crippen molar-refractivity contribution in [3.8, 4) is 0 Å². The molecule has 0 bridgehead atoms. The van der Waals surface area contributed by atoms with Crippen LogP contribution in [-0.4, -0.2) is 35.5 Å². The number of ether oxygens (including phenoxy) is 2. The summed E-state index contributed by atoms with van der Waals surface area (Å²) in [5.41, 5.74) is 3.12. The van der Waals surface area contributed by atoms with Crippen LogP contribution in [0.15, 0.2) is 47.7 Å². The monoisotopic (exact) mass is 458 g/mol. The van der Waals surface area contributed by atoms with E-state index in [1.54, 1.807) is 13.2 Å². The quantitative estimate of drug-likeness (QED) is 0.202. The van der Waals surface area contributed by atoms with Gasteiger partial charge in [-0.2, -0.15) is 0 Å². The van der Waals surface area contributed by atoms with E-state index in [1.165, 1.54) is 19.3 Å². The summed E-state index contributed by atoms with van der Waals surface area (Å²) in [7, 11) is 1.67. The molecule has 0 aliphatic heterocycles. The number of esters is 1. The van der Waals surface area contributed by atoms with Crippen LogP contribution in [0.1, 0.15) is 82.8 Å². The van der Waals surface area contributed by atoms with Gasteiger partial charge in [-0.25, -0.2) is 0 Å². The SMILES string of the molecule is CCCCCCCC1=C(OC(=O)CCC)C[C@@H](O)[C@@H]1/C=C/[C@@H](O)Cc1cccc(COC)c1. The largest absolute Gasteiger partial charge is 0.431 e. The van der Waals surface area contributed by atoms with Crippen molar-refractivity contribution in [2.45, 2.75) is 96.9 Å². The third-order valence-electron chi connectivity index (χ3n) is 6.10. The lowest BCUT2D eigenvalue weighted by Gasteiger charge is -2.16. The second-order valence-corrected chi connectivity index (χ2v) is 9.04. The van der Waals surface area contributed by atoms with Crippen LogP contribution in [0.4, 0.5) is 0 Å². The van der Waals surface area contributed by atoms with E-state index in [1.807, 2.05) is 37.3 Å². The Labute approximate surface area is 199 Å². The van der Waals surface area contributed by atoms with Gasteiger partial charge in [0.1, 0.15) is 5.76 Å².